The van der Waals surface area contributed by atoms with Crippen molar-refractivity contribution in [3.63, 3.8) is 0 Å². The highest BCUT2D eigenvalue weighted by Crippen LogP contribution is 2.43. The van der Waals surface area contributed by atoms with Crippen LogP contribution in [0.2, 0.25) is 0 Å². The van der Waals surface area contributed by atoms with Gasteiger partial charge in [0.2, 0.25) is 5.91 Å². The molecule has 6 aromatic rings. The van der Waals surface area contributed by atoms with Crippen molar-refractivity contribution in [1.82, 2.24) is 24.8 Å². The number of carbonyl (C=O) groups is 2. The maximum atomic E-state index is 12.9. The molecule has 0 spiro atoms. The predicted molar refractivity (Wildman–Crippen MR) is 240 cm³/mol. The van der Waals surface area contributed by atoms with E-state index in [1.54, 1.807) is 47.3 Å². The van der Waals surface area contributed by atoms with Gasteiger partial charge in [0.25, 0.3) is 0 Å². The van der Waals surface area contributed by atoms with Crippen LogP contribution in [0.1, 0.15) is 56.0 Å². The number of carbonyl (C=O) groups excluding carboxylic acids is 1. The third-order valence-electron chi connectivity index (χ3n) is 11.3. The molecule has 4 aromatic heterocycles. The summed E-state index contributed by atoms with van der Waals surface area (Å²) in [6.07, 6.45) is 11.4. The quantitative estimate of drug-likeness (QED) is 0.128. The molecular weight excluding hydrogens is 918 g/mol. The van der Waals surface area contributed by atoms with Crippen LogP contribution in [0.25, 0.3) is 20.4 Å². The molecule has 3 N–H and O–H groups in total. The Morgan fingerprint density at radius 2 is 1.31 bits per heavy atom. The first-order chi connectivity index (χ1) is 28.6. The van der Waals surface area contributed by atoms with Crippen molar-refractivity contribution in [3.8, 4) is 0 Å². The fourth-order valence-corrected chi connectivity index (χ4v) is 11.7. The van der Waals surface area contributed by atoms with Crippen molar-refractivity contribution in [2.45, 2.75) is 51.6 Å². The molecule has 0 unspecified atom stereocenters. The van der Waals surface area contributed by atoms with Crippen molar-refractivity contribution in [2.24, 2.45) is 21.8 Å². The molecule has 0 saturated carbocycles. The lowest BCUT2D eigenvalue weighted by molar-refractivity contribution is -0.142. The molecule has 4 aliphatic rings. The van der Waals surface area contributed by atoms with Gasteiger partial charge < -0.3 is 25.4 Å². The molecule has 13 nitrogen and oxygen atoms in total. The molecule has 2 aliphatic heterocycles. The molecule has 59 heavy (non-hydrogen) atoms. The number of carboxylic acid groups (broad SMARTS) is 1. The predicted octanol–water partition coefficient (Wildman–Crippen LogP) is 8.66. The van der Waals surface area contributed by atoms with Crippen LogP contribution in [-0.2, 0) is 53.1 Å². The van der Waals surface area contributed by atoms with E-state index in [2.05, 4.69) is 96.7 Å². The molecule has 2 aromatic carbocycles. The minimum absolute atomic E-state index is 0.00642. The van der Waals surface area contributed by atoms with Crippen LogP contribution in [0.3, 0.4) is 0 Å². The Bertz CT molecular complexity index is 2720. The number of aliphatic carboxylic acids is 1. The first kappa shape index (κ1) is 39.8. The summed E-state index contributed by atoms with van der Waals surface area (Å²) >= 11 is 10.6. The number of benzene rings is 2. The fraction of sp³-hybridized carbons (Fsp3) is 0.333. The second-order valence-corrected chi connectivity index (χ2v) is 18.9. The molecule has 302 valence electrons. The molecule has 6 heterocycles. The zero-order valence-electron chi connectivity index (χ0n) is 32.2. The summed E-state index contributed by atoms with van der Waals surface area (Å²) in [6, 6.07) is 8.38. The average molecular weight is 958 g/mol. The molecular formula is C42H39Br2N9O4S2. The van der Waals surface area contributed by atoms with Crippen molar-refractivity contribution < 1.29 is 19.4 Å². The summed E-state index contributed by atoms with van der Waals surface area (Å²) in [5, 5.41) is 18.4. The number of nitrogens with zero attached hydrogens (tertiary/aromatic N) is 7. The number of rotatable bonds is 9. The van der Waals surface area contributed by atoms with Crippen LogP contribution in [0.5, 0.6) is 0 Å². The number of hydrogen-bond donors (Lipinski definition) is 3. The first-order valence-electron chi connectivity index (χ1n) is 19.3. The Balaban J connectivity index is 0.000000154. The molecule has 0 fully saturated rings. The zero-order chi connectivity index (χ0) is 40.8. The van der Waals surface area contributed by atoms with Gasteiger partial charge in [0, 0.05) is 57.7 Å². The zero-order valence-corrected chi connectivity index (χ0v) is 37.0. The maximum Gasteiger partial charge on any atom is 0.306 e. The van der Waals surface area contributed by atoms with Gasteiger partial charge in [0.15, 0.2) is 0 Å². The monoisotopic (exact) mass is 955 g/mol. The second-order valence-electron chi connectivity index (χ2n) is 15.0. The number of anilines is 4. The summed E-state index contributed by atoms with van der Waals surface area (Å²) in [6.45, 7) is 2.61. The molecule has 0 radical (unpaired) electrons. The number of aliphatic imine (C=N–C) groups is 2. The van der Waals surface area contributed by atoms with Gasteiger partial charge in [-0.25, -0.2) is 19.9 Å². The lowest BCUT2D eigenvalue weighted by Crippen LogP contribution is -2.37. The number of methoxy groups -OCH3 is 1. The summed E-state index contributed by atoms with van der Waals surface area (Å²) in [5.41, 5.74) is 9.02. The van der Waals surface area contributed by atoms with Gasteiger partial charge in [-0.3, -0.25) is 19.6 Å². The van der Waals surface area contributed by atoms with Crippen LogP contribution < -0.4 is 10.6 Å². The van der Waals surface area contributed by atoms with Crippen LogP contribution in [0, 0.1) is 11.8 Å². The summed E-state index contributed by atoms with van der Waals surface area (Å²) in [7, 11) is 3.51. The number of hydrogen-bond acceptors (Lipinski definition) is 13. The number of amides is 1. The number of halogens is 2. The van der Waals surface area contributed by atoms with E-state index in [1.807, 2.05) is 19.5 Å². The minimum Gasteiger partial charge on any atom is -0.481 e. The van der Waals surface area contributed by atoms with Gasteiger partial charge in [-0.1, -0.05) is 0 Å². The molecule has 17 heteroatoms. The van der Waals surface area contributed by atoms with E-state index >= 15 is 0 Å². The van der Waals surface area contributed by atoms with E-state index in [-0.39, 0.29) is 17.7 Å². The smallest absolute Gasteiger partial charge is 0.306 e. The van der Waals surface area contributed by atoms with Crippen LogP contribution >= 0.6 is 54.5 Å². The lowest BCUT2D eigenvalue weighted by atomic mass is 9.87. The van der Waals surface area contributed by atoms with E-state index in [4.69, 9.17) is 4.74 Å². The Hall–Kier alpha value is -4.68. The minimum atomic E-state index is -0.716. The van der Waals surface area contributed by atoms with Crippen molar-refractivity contribution in [2.75, 3.05) is 37.9 Å². The van der Waals surface area contributed by atoms with Gasteiger partial charge in [-0.2, -0.15) is 0 Å². The number of ether oxygens (including phenoxy) is 1. The Morgan fingerprint density at radius 3 is 1.81 bits per heavy atom. The lowest BCUT2D eigenvalue weighted by Gasteiger charge is -2.26. The maximum absolute atomic E-state index is 12.9. The van der Waals surface area contributed by atoms with Crippen molar-refractivity contribution in [3.05, 3.63) is 89.0 Å². The number of likely N-dealkylation sites (N-methyl/N-ethyl adjacent to an activating group) is 1. The second kappa shape index (κ2) is 16.8. The Labute approximate surface area is 364 Å². The molecule has 10 rings (SSSR count). The third-order valence-corrected chi connectivity index (χ3v) is 15.0. The van der Waals surface area contributed by atoms with Crippen molar-refractivity contribution >= 4 is 122 Å². The standard InChI is InChI=1S/C23H24BrN5O2S.C19H15BrN4O2S/c1-29(5-6-31-2)23(30)13-3-4-16-19(9-13)32-22-20(16)21(26-12-27-22)28-18-8-15-11-25-10-14(15)7-17(18)24;20-13-3-10-6-21-7-11(10)4-14(13)24-17-16-12-2-1-9(19(25)26)5-15(12)27-18(16)23-8-22-17/h7-8,11-13H,3-6,9-10H2,1-2H3,(H,26,27,28);3-4,7-9H,1-2,5-6H2,(H,25,26)(H,22,23,24)/t13-;9-/m00/s1. The Kier molecular flexibility index (Phi) is 11.3. The van der Waals surface area contributed by atoms with Crippen molar-refractivity contribution in [1.29, 1.82) is 0 Å². The van der Waals surface area contributed by atoms with Gasteiger partial charge in [0.1, 0.15) is 34.0 Å². The number of fused-ring (bicyclic) bond motifs is 8. The fourth-order valence-electron chi connectivity index (χ4n) is 8.19. The average Bonchev–Trinajstić information content (AvgIpc) is 4.04. The van der Waals surface area contributed by atoms with E-state index < -0.39 is 5.97 Å². The number of aryl methyl sites for hydroxylation is 2. The molecule has 1 amide bonds. The first-order valence-corrected chi connectivity index (χ1v) is 22.5. The van der Waals surface area contributed by atoms with E-state index in [0.29, 0.717) is 26.0 Å². The topological polar surface area (TPSA) is 167 Å². The normalized spacial score (nSPS) is 17.2. The van der Waals surface area contributed by atoms with Crippen LogP contribution in [0.4, 0.5) is 23.0 Å². The third kappa shape index (κ3) is 7.90. The summed E-state index contributed by atoms with van der Waals surface area (Å²) in [4.78, 5) is 57.0. The largest absolute Gasteiger partial charge is 0.481 e. The summed E-state index contributed by atoms with van der Waals surface area (Å²) in [5.74, 6) is 0.753. The number of carboxylic acids is 1. The van der Waals surface area contributed by atoms with E-state index in [1.165, 1.54) is 27.1 Å². The summed E-state index contributed by atoms with van der Waals surface area (Å²) < 4.78 is 7.07. The van der Waals surface area contributed by atoms with Gasteiger partial charge in [-0.15, -0.1) is 22.7 Å². The van der Waals surface area contributed by atoms with Gasteiger partial charge >= 0.3 is 5.97 Å². The Morgan fingerprint density at radius 1 is 0.797 bits per heavy atom. The van der Waals surface area contributed by atoms with Gasteiger partial charge in [-0.05, 0) is 128 Å². The molecule has 2 aliphatic carbocycles. The number of thiophene rings is 2. The van der Waals surface area contributed by atoms with E-state index in [0.717, 1.165) is 107 Å². The highest BCUT2D eigenvalue weighted by Gasteiger charge is 2.32. The highest BCUT2D eigenvalue weighted by atomic mass is 79.9. The highest BCUT2D eigenvalue weighted by molar-refractivity contribution is 9.11. The van der Waals surface area contributed by atoms with Gasteiger partial charge in [0.05, 0.1) is 47.8 Å². The van der Waals surface area contributed by atoms with Crippen LogP contribution in [-0.4, -0.2) is 81.6 Å². The number of aromatic nitrogens is 4. The number of nitrogens with one attached hydrogen (secondary N) is 2. The molecule has 2 atom stereocenters. The van der Waals surface area contributed by atoms with Crippen LogP contribution in [0.15, 0.2) is 55.9 Å². The molecule has 0 bridgehead atoms. The SMILES string of the molecule is COCCN(C)C(=O)[C@H]1CCc2c(sc3ncnc(Nc4cc5c(cc4Br)CN=C5)c23)C1.O=C(O)[C@H]1CCc2c(sc3ncnc(Nc4cc5c(cc4Br)CN=C5)c23)C1. The molecule has 0 saturated heterocycles. The van der Waals surface area contributed by atoms with E-state index in [9.17, 15) is 14.7 Å².